The molecule has 0 bridgehead atoms. The summed E-state index contributed by atoms with van der Waals surface area (Å²) in [5.74, 6) is 4.57. The zero-order chi connectivity index (χ0) is 14.3. The summed E-state index contributed by atoms with van der Waals surface area (Å²) in [6.07, 6.45) is 5.81. The van der Waals surface area contributed by atoms with Gasteiger partial charge in [0.2, 0.25) is 0 Å². The Morgan fingerprint density at radius 3 is 2.25 bits per heavy atom. The van der Waals surface area contributed by atoms with E-state index in [1.54, 1.807) is 5.56 Å². The average molecular weight is 270 g/mol. The molecule has 5 atom stereocenters. The van der Waals surface area contributed by atoms with E-state index in [1.807, 2.05) is 0 Å². The summed E-state index contributed by atoms with van der Waals surface area (Å²) < 4.78 is 0. The molecule has 0 radical (unpaired) electrons. The van der Waals surface area contributed by atoms with Gasteiger partial charge in [-0.3, -0.25) is 0 Å². The lowest BCUT2D eigenvalue weighted by molar-refractivity contribution is 0.0945. The highest BCUT2D eigenvalue weighted by atomic mass is 14.5. The van der Waals surface area contributed by atoms with E-state index < -0.39 is 0 Å². The molecular formula is C20H30. The van der Waals surface area contributed by atoms with Crippen LogP contribution in [0.25, 0.3) is 0 Å². The summed E-state index contributed by atoms with van der Waals surface area (Å²) in [6.45, 7) is 9.79. The van der Waals surface area contributed by atoms with Crippen molar-refractivity contribution in [3.8, 4) is 0 Å². The van der Waals surface area contributed by atoms with Crippen LogP contribution in [0.4, 0.5) is 0 Å². The molecular weight excluding hydrogens is 240 g/mol. The standard InChI is InChI=1S/C20H30/c1-14-10-16-12-17(20(2,3)4)13-19(18(16)11-14)15-8-6-5-7-9-15/h5-9,14,16-19H,10-13H2,1-4H3. The van der Waals surface area contributed by atoms with Crippen molar-refractivity contribution < 1.29 is 0 Å². The monoisotopic (exact) mass is 270 g/mol. The fraction of sp³-hybridized carbons (Fsp3) is 0.700. The molecule has 0 heterocycles. The predicted octanol–water partition coefficient (Wildman–Crippen LogP) is 5.89. The Kier molecular flexibility index (Phi) is 3.69. The van der Waals surface area contributed by atoms with Crippen LogP contribution >= 0.6 is 0 Å². The highest BCUT2D eigenvalue weighted by Gasteiger charge is 2.45. The lowest BCUT2D eigenvalue weighted by Crippen LogP contribution is -2.34. The van der Waals surface area contributed by atoms with Gasteiger partial charge in [0.15, 0.2) is 0 Å². The highest BCUT2D eigenvalue weighted by Crippen LogP contribution is 2.56. The molecule has 2 aliphatic carbocycles. The molecule has 2 saturated carbocycles. The van der Waals surface area contributed by atoms with Gasteiger partial charge in [0.05, 0.1) is 0 Å². The second-order valence-corrected chi connectivity index (χ2v) is 8.55. The van der Waals surface area contributed by atoms with E-state index in [0.29, 0.717) is 5.41 Å². The molecule has 0 saturated heterocycles. The lowest BCUT2D eigenvalue weighted by Gasteiger charge is -2.44. The molecule has 1 aromatic rings. The van der Waals surface area contributed by atoms with Crippen LogP contribution in [-0.2, 0) is 0 Å². The molecule has 0 amide bonds. The minimum absolute atomic E-state index is 0.462. The molecule has 1 aromatic carbocycles. The van der Waals surface area contributed by atoms with Gasteiger partial charge in [0, 0.05) is 0 Å². The van der Waals surface area contributed by atoms with Crippen molar-refractivity contribution in [2.45, 2.75) is 59.3 Å². The van der Waals surface area contributed by atoms with Crippen molar-refractivity contribution in [2.24, 2.45) is 29.1 Å². The van der Waals surface area contributed by atoms with Gasteiger partial charge in [-0.15, -0.1) is 0 Å². The smallest absolute Gasteiger partial charge is 0.0128 e. The maximum absolute atomic E-state index is 2.46. The SMILES string of the molecule is CC1CC2CC(C(C)(C)C)CC(c3ccccc3)C2C1. The van der Waals surface area contributed by atoms with E-state index in [4.69, 9.17) is 0 Å². The molecule has 5 unspecified atom stereocenters. The van der Waals surface area contributed by atoms with Crippen LogP contribution in [0.5, 0.6) is 0 Å². The quantitative estimate of drug-likeness (QED) is 0.597. The Morgan fingerprint density at radius 2 is 1.60 bits per heavy atom. The van der Waals surface area contributed by atoms with E-state index in [-0.39, 0.29) is 0 Å². The minimum Gasteiger partial charge on any atom is -0.0625 e. The van der Waals surface area contributed by atoms with Crippen molar-refractivity contribution in [1.82, 2.24) is 0 Å². The molecule has 20 heavy (non-hydrogen) atoms. The molecule has 3 rings (SSSR count). The number of fused-ring (bicyclic) bond motifs is 1. The van der Waals surface area contributed by atoms with Gasteiger partial charge < -0.3 is 0 Å². The van der Waals surface area contributed by atoms with Gasteiger partial charge in [-0.25, -0.2) is 0 Å². The second kappa shape index (κ2) is 5.20. The van der Waals surface area contributed by atoms with Crippen LogP contribution in [0, 0.1) is 29.1 Å². The van der Waals surface area contributed by atoms with E-state index in [2.05, 4.69) is 58.0 Å². The van der Waals surface area contributed by atoms with Crippen LogP contribution in [0.2, 0.25) is 0 Å². The zero-order valence-electron chi connectivity index (χ0n) is 13.6. The van der Waals surface area contributed by atoms with E-state index in [1.165, 1.54) is 25.7 Å². The minimum atomic E-state index is 0.462. The second-order valence-electron chi connectivity index (χ2n) is 8.55. The van der Waals surface area contributed by atoms with Gasteiger partial charge >= 0.3 is 0 Å². The van der Waals surface area contributed by atoms with E-state index in [0.717, 1.165) is 29.6 Å². The van der Waals surface area contributed by atoms with Crippen molar-refractivity contribution in [3.05, 3.63) is 35.9 Å². The van der Waals surface area contributed by atoms with Crippen molar-refractivity contribution in [1.29, 1.82) is 0 Å². The zero-order valence-corrected chi connectivity index (χ0v) is 13.6. The first-order valence-electron chi connectivity index (χ1n) is 8.50. The van der Waals surface area contributed by atoms with E-state index in [9.17, 15) is 0 Å². The van der Waals surface area contributed by atoms with Gasteiger partial charge in [-0.1, -0.05) is 58.0 Å². The number of hydrogen-bond acceptors (Lipinski definition) is 0. The Bertz CT molecular complexity index is 439. The summed E-state index contributed by atoms with van der Waals surface area (Å²) in [7, 11) is 0. The maximum atomic E-state index is 2.46. The fourth-order valence-electron chi connectivity index (χ4n) is 4.94. The molecule has 110 valence electrons. The van der Waals surface area contributed by atoms with Crippen LogP contribution in [0.3, 0.4) is 0 Å². The van der Waals surface area contributed by atoms with Gasteiger partial charge in [-0.05, 0) is 66.3 Å². The third kappa shape index (κ3) is 2.67. The van der Waals surface area contributed by atoms with Crippen molar-refractivity contribution in [3.63, 3.8) is 0 Å². The number of benzene rings is 1. The molecule has 0 aromatic heterocycles. The Balaban J connectivity index is 1.89. The Hall–Kier alpha value is -0.780. The third-order valence-corrected chi connectivity index (χ3v) is 6.08. The van der Waals surface area contributed by atoms with E-state index >= 15 is 0 Å². The predicted molar refractivity (Wildman–Crippen MR) is 86.7 cm³/mol. The molecule has 2 aliphatic rings. The first-order chi connectivity index (χ1) is 9.45. The maximum Gasteiger partial charge on any atom is -0.0128 e. The first-order valence-corrected chi connectivity index (χ1v) is 8.50. The summed E-state index contributed by atoms with van der Waals surface area (Å²) in [5, 5.41) is 0. The summed E-state index contributed by atoms with van der Waals surface area (Å²) >= 11 is 0. The molecule has 0 N–H and O–H groups in total. The number of hydrogen-bond donors (Lipinski definition) is 0. The first kappa shape index (κ1) is 14.2. The Morgan fingerprint density at radius 1 is 0.900 bits per heavy atom. The average Bonchev–Trinajstić information content (AvgIpc) is 2.77. The number of rotatable bonds is 1. The van der Waals surface area contributed by atoms with Crippen LogP contribution in [-0.4, -0.2) is 0 Å². The molecule has 0 spiro atoms. The van der Waals surface area contributed by atoms with Crippen LogP contribution in [0.15, 0.2) is 30.3 Å². The summed E-state index contributed by atoms with van der Waals surface area (Å²) in [6, 6.07) is 11.3. The highest BCUT2D eigenvalue weighted by molar-refractivity contribution is 5.22. The summed E-state index contributed by atoms with van der Waals surface area (Å²) in [4.78, 5) is 0. The topological polar surface area (TPSA) is 0 Å². The Labute approximate surface area is 125 Å². The third-order valence-electron chi connectivity index (χ3n) is 6.08. The van der Waals surface area contributed by atoms with Crippen molar-refractivity contribution in [2.75, 3.05) is 0 Å². The van der Waals surface area contributed by atoms with Gasteiger partial charge in [0.1, 0.15) is 0 Å². The van der Waals surface area contributed by atoms with Gasteiger partial charge in [0.25, 0.3) is 0 Å². The largest absolute Gasteiger partial charge is 0.0625 e. The lowest BCUT2D eigenvalue weighted by atomic mass is 9.61. The van der Waals surface area contributed by atoms with Crippen LogP contribution in [0.1, 0.15) is 64.9 Å². The van der Waals surface area contributed by atoms with Crippen molar-refractivity contribution >= 4 is 0 Å². The normalized spacial score (nSPS) is 37.7. The molecule has 2 fully saturated rings. The molecule has 0 nitrogen and oxygen atoms in total. The molecule has 0 aliphatic heterocycles. The summed E-state index contributed by atoms with van der Waals surface area (Å²) in [5.41, 5.74) is 2.06. The van der Waals surface area contributed by atoms with Gasteiger partial charge in [-0.2, -0.15) is 0 Å². The van der Waals surface area contributed by atoms with Crippen LogP contribution < -0.4 is 0 Å². The molecule has 0 heteroatoms. The fourth-order valence-corrected chi connectivity index (χ4v) is 4.94.